The summed E-state index contributed by atoms with van der Waals surface area (Å²) in [6.07, 6.45) is -0.0189. The molecule has 4 heteroatoms. The lowest BCUT2D eigenvalue weighted by atomic mass is 9.86. The highest BCUT2D eigenvalue weighted by molar-refractivity contribution is 7.13. The van der Waals surface area contributed by atoms with Crippen LogP contribution < -0.4 is 0 Å². The van der Waals surface area contributed by atoms with Crippen molar-refractivity contribution in [1.29, 1.82) is 0 Å². The Morgan fingerprint density at radius 1 is 1.24 bits per heavy atom. The summed E-state index contributed by atoms with van der Waals surface area (Å²) in [5.74, 6) is 0. The highest BCUT2D eigenvalue weighted by Gasteiger charge is 2.20. The monoisotopic (exact) mass is 303 g/mol. The molecule has 3 nitrogen and oxygen atoms in total. The van der Waals surface area contributed by atoms with Gasteiger partial charge in [-0.05, 0) is 17.0 Å². The van der Waals surface area contributed by atoms with Crippen molar-refractivity contribution in [2.75, 3.05) is 19.8 Å². The molecule has 0 spiro atoms. The average Bonchev–Trinajstić information content (AvgIpc) is 2.97. The number of rotatable bonds is 2. The molecular formula is C17H21NO2S. The summed E-state index contributed by atoms with van der Waals surface area (Å²) in [5, 5.41) is 3.13. The van der Waals surface area contributed by atoms with Crippen molar-refractivity contribution in [3.8, 4) is 10.6 Å². The Hall–Kier alpha value is -1.23. The van der Waals surface area contributed by atoms with Gasteiger partial charge in [0.25, 0.3) is 0 Å². The maximum absolute atomic E-state index is 5.71. The molecule has 1 fully saturated rings. The molecule has 1 aliphatic heterocycles. The maximum Gasteiger partial charge on any atom is 0.124 e. The molecule has 0 N–H and O–H groups in total. The minimum Gasteiger partial charge on any atom is -0.376 e. The van der Waals surface area contributed by atoms with Crippen LogP contribution in [-0.2, 0) is 14.9 Å². The van der Waals surface area contributed by atoms with Crippen LogP contribution in [0.2, 0.25) is 0 Å². The van der Waals surface area contributed by atoms with Gasteiger partial charge < -0.3 is 9.47 Å². The Morgan fingerprint density at radius 3 is 2.81 bits per heavy atom. The first-order valence-electron chi connectivity index (χ1n) is 7.30. The van der Waals surface area contributed by atoms with Crippen LogP contribution >= 0.6 is 11.3 Å². The van der Waals surface area contributed by atoms with Crippen LogP contribution in [0.4, 0.5) is 0 Å². The summed E-state index contributed by atoms with van der Waals surface area (Å²) in [6, 6.07) is 8.64. The minimum atomic E-state index is -0.0189. The molecule has 1 unspecified atom stereocenters. The first kappa shape index (κ1) is 14.7. The van der Waals surface area contributed by atoms with E-state index in [9.17, 15) is 0 Å². The fraction of sp³-hybridized carbons (Fsp3) is 0.471. The Bertz CT molecular complexity index is 609. The predicted molar refractivity (Wildman–Crippen MR) is 85.8 cm³/mol. The third-order valence-corrected chi connectivity index (χ3v) is 4.55. The summed E-state index contributed by atoms with van der Waals surface area (Å²) < 4.78 is 11.2. The third-order valence-electron chi connectivity index (χ3n) is 3.64. The van der Waals surface area contributed by atoms with E-state index < -0.39 is 0 Å². The largest absolute Gasteiger partial charge is 0.376 e. The van der Waals surface area contributed by atoms with Crippen molar-refractivity contribution < 1.29 is 9.47 Å². The molecule has 1 aliphatic rings. The Balaban J connectivity index is 1.86. The molecule has 2 heterocycles. The molecule has 1 aromatic heterocycles. The number of benzene rings is 1. The van der Waals surface area contributed by atoms with Gasteiger partial charge in [-0.15, -0.1) is 11.3 Å². The summed E-state index contributed by atoms with van der Waals surface area (Å²) in [6.45, 7) is 8.62. The second-order valence-electron chi connectivity index (χ2n) is 6.34. The zero-order valence-electron chi connectivity index (χ0n) is 12.8. The van der Waals surface area contributed by atoms with Crippen LogP contribution in [-0.4, -0.2) is 24.8 Å². The van der Waals surface area contributed by atoms with Crippen LogP contribution in [0.15, 0.2) is 29.6 Å². The van der Waals surface area contributed by atoms with Gasteiger partial charge in [-0.3, -0.25) is 0 Å². The molecule has 112 valence electrons. The van der Waals surface area contributed by atoms with Crippen molar-refractivity contribution >= 4 is 11.3 Å². The molecule has 1 aromatic carbocycles. The highest BCUT2D eigenvalue weighted by Crippen LogP contribution is 2.31. The van der Waals surface area contributed by atoms with Gasteiger partial charge in [-0.1, -0.05) is 39.0 Å². The molecule has 0 aliphatic carbocycles. The Kier molecular flexibility index (Phi) is 4.11. The average molecular weight is 303 g/mol. The molecule has 0 amide bonds. The van der Waals surface area contributed by atoms with Crippen LogP contribution in [0.5, 0.6) is 0 Å². The predicted octanol–water partition coefficient (Wildman–Crippen LogP) is 4.20. The number of thiazole rings is 1. The van der Waals surface area contributed by atoms with Crippen molar-refractivity contribution in [3.05, 3.63) is 40.9 Å². The normalized spacial score (nSPS) is 19.7. The van der Waals surface area contributed by atoms with Gasteiger partial charge in [0.15, 0.2) is 0 Å². The van der Waals surface area contributed by atoms with Gasteiger partial charge in [0.2, 0.25) is 0 Å². The number of hydrogen-bond donors (Lipinski definition) is 0. The molecule has 0 radical (unpaired) electrons. The van der Waals surface area contributed by atoms with E-state index in [4.69, 9.17) is 14.5 Å². The SMILES string of the molecule is CC(C)(C)c1cccc(-c2nc(C3COCCO3)cs2)c1. The molecule has 0 saturated carbocycles. The van der Waals surface area contributed by atoms with E-state index in [-0.39, 0.29) is 11.5 Å². The summed E-state index contributed by atoms with van der Waals surface area (Å²) in [4.78, 5) is 4.74. The second kappa shape index (κ2) is 5.87. The fourth-order valence-electron chi connectivity index (χ4n) is 2.34. The molecule has 0 bridgehead atoms. The first-order valence-corrected chi connectivity index (χ1v) is 8.18. The standard InChI is InChI=1S/C17H21NO2S/c1-17(2,3)13-6-4-5-12(9-13)16-18-14(11-21-16)15-10-19-7-8-20-15/h4-6,9,11,15H,7-8,10H2,1-3H3. The summed E-state index contributed by atoms with van der Waals surface area (Å²) in [7, 11) is 0. The van der Waals surface area contributed by atoms with Crippen molar-refractivity contribution in [2.45, 2.75) is 32.3 Å². The van der Waals surface area contributed by atoms with Crippen LogP contribution in [0.25, 0.3) is 10.6 Å². The van der Waals surface area contributed by atoms with Crippen LogP contribution in [0, 0.1) is 0 Å². The lowest BCUT2D eigenvalue weighted by molar-refractivity contribution is -0.0915. The molecular weight excluding hydrogens is 282 g/mol. The van der Waals surface area contributed by atoms with E-state index in [1.807, 2.05) is 0 Å². The van der Waals surface area contributed by atoms with Gasteiger partial charge in [0.1, 0.15) is 11.1 Å². The lowest BCUT2D eigenvalue weighted by Crippen LogP contribution is -2.22. The van der Waals surface area contributed by atoms with Crippen molar-refractivity contribution in [3.63, 3.8) is 0 Å². The summed E-state index contributed by atoms with van der Waals surface area (Å²) >= 11 is 1.67. The van der Waals surface area contributed by atoms with Crippen molar-refractivity contribution in [2.24, 2.45) is 0 Å². The fourth-order valence-corrected chi connectivity index (χ4v) is 3.20. The van der Waals surface area contributed by atoms with E-state index in [2.05, 4.69) is 50.4 Å². The van der Waals surface area contributed by atoms with E-state index in [1.165, 1.54) is 11.1 Å². The second-order valence-corrected chi connectivity index (χ2v) is 7.20. The van der Waals surface area contributed by atoms with Crippen LogP contribution in [0.3, 0.4) is 0 Å². The smallest absolute Gasteiger partial charge is 0.124 e. The molecule has 1 atom stereocenters. The molecule has 1 saturated heterocycles. The number of hydrogen-bond acceptors (Lipinski definition) is 4. The van der Waals surface area contributed by atoms with Gasteiger partial charge in [-0.2, -0.15) is 0 Å². The number of aromatic nitrogens is 1. The van der Waals surface area contributed by atoms with Gasteiger partial charge in [-0.25, -0.2) is 4.98 Å². The van der Waals surface area contributed by atoms with E-state index in [0.29, 0.717) is 19.8 Å². The summed E-state index contributed by atoms with van der Waals surface area (Å²) in [5.41, 5.74) is 3.64. The zero-order valence-corrected chi connectivity index (χ0v) is 13.6. The topological polar surface area (TPSA) is 31.4 Å². The molecule has 21 heavy (non-hydrogen) atoms. The van der Waals surface area contributed by atoms with Crippen molar-refractivity contribution in [1.82, 2.24) is 4.98 Å². The Labute approximate surface area is 129 Å². The molecule has 3 rings (SSSR count). The van der Waals surface area contributed by atoms with Gasteiger partial charge in [0.05, 0.1) is 25.5 Å². The lowest BCUT2D eigenvalue weighted by Gasteiger charge is -2.21. The third kappa shape index (κ3) is 3.34. The highest BCUT2D eigenvalue weighted by atomic mass is 32.1. The van der Waals surface area contributed by atoms with Gasteiger partial charge >= 0.3 is 0 Å². The number of nitrogens with zero attached hydrogens (tertiary/aromatic N) is 1. The zero-order chi connectivity index (χ0) is 14.9. The van der Waals surface area contributed by atoms with E-state index in [0.717, 1.165) is 10.7 Å². The van der Waals surface area contributed by atoms with E-state index >= 15 is 0 Å². The van der Waals surface area contributed by atoms with E-state index in [1.54, 1.807) is 11.3 Å². The first-order chi connectivity index (χ1) is 10.0. The maximum atomic E-state index is 5.71. The minimum absolute atomic E-state index is 0.0189. The van der Waals surface area contributed by atoms with Gasteiger partial charge in [0, 0.05) is 10.9 Å². The molecule has 2 aromatic rings. The quantitative estimate of drug-likeness (QED) is 0.833. The Morgan fingerprint density at radius 2 is 2.10 bits per heavy atom. The number of ether oxygens (including phenoxy) is 2. The van der Waals surface area contributed by atoms with Crippen LogP contribution in [0.1, 0.15) is 38.1 Å².